The maximum absolute atomic E-state index is 13.1. The lowest BCUT2D eigenvalue weighted by Gasteiger charge is -2.34. The van der Waals surface area contributed by atoms with Crippen molar-refractivity contribution in [1.82, 2.24) is 10.2 Å². The van der Waals surface area contributed by atoms with E-state index in [4.69, 9.17) is 14.3 Å². The van der Waals surface area contributed by atoms with Crippen LogP contribution in [-0.4, -0.2) is 34.5 Å². The first kappa shape index (κ1) is 18.4. The maximum Gasteiger partial charge on any atom is 0.247 e. The van der Waals surface area contributed by atoms with Crippen LogP contribution in [0.5, 0.6) is 5.75 Å². The Balaban J connectivity index is 1.36. The van der Waals surface area contributed by atoms with Crippen molar-refractivity contribution in [2.45, 2.75) is 32.2 Å². The number of ether oxygens (including phenoxy) is 1. The van der Waals surface area contributed by atoms with Crippen LogP contribution in [-0.2, 0) is 13.3 Å². The predicted molar refractivity (Wildman–Crippen MR) is 103 cm³/mol. The number of hydrogen-bond donors (Lipinski definition) is 1. The van der Waals surface area contributed by atoms with Gasteiger partial charge in [-0.25, -0.2) is 4.39 Å². The molecule has 2 aromatic carbocycles. The van der Waals surface area contributed by atoms with Gasteiger partial charge in [-0.1, -0.05) is 18.2 Å². The molecule has 3 aromatic rings. The smallest absolute Gasteiger partial charge is 0.247 e. The monoisotopic (exact) mass is 383 g/mol. The number of para-hydroxylation sites is 1. The summed E-state index contributed by atoms with van der Waals surface area (Å²) in [4.78, 5) is 2.30. The first-order chi connectivity index (χ1) is 13.8. The average molecular weight is 383 g/mol. The minimum atomic E-state index is -0.513. The standard InChI is InChI=1S/C21H22FN3O3/c22-13-16-3-1-2-4-19(16)27-18-9-11-25(12-10-18)17-7-5-15(6-8-17)21-24-23-20(14-26)28-21/h1-8,18,26H,9-14H2. The molecule has 2 heterocycles. The summed E-state index contributed by atoms with van der Waals surface area (Å²) in [5.74, 6) is 1.25. The van der Waals surface area contributed by atoms with Crippen LogP contribution in [0.4, 0.5) is 10.1 Å². The molecule has 146 valence electrons. The molecule has 1 aliphatic rings. The number of hydrogen-bond acceptors (Lipinski definition) is 6. The van der Waals surface area contributed by atoms with Crippen molar-refractivity contribution in [1.29, 1.82) is 0 Å². The van der Waals surface area contributed by atoms with E-state index in [1.54, 1.807) is 6.07 Å². The Hall–Kier alpha value is -2.93. The molecule has 0 saturated carbocycles. The van der Waals surface area contributed by atoms with Crippen LogP contribution in [0.1, 0.15) is 24.3 Å². The second kappa shape index (κ2) is 8.39. The van der Waals surface area contributed by atoms with Gasteiger partial charge in [-0.2, -0.15) is 0 Å². The first-order valence-corrected chi connectivity index (χ1v) is 9.36. The molecule has 7 heteroatoms. The van der Waals surface area contributed by atoms with Crippen molar-refractivity contribution in [2.24, 2.45) is 0 Å². The number of rotatable bonds is 6. The third kappa shape index (κ3) is 3.99. The Labute approximate surface area is 162 Å². The minimum absolute atomic E-state index is 0.0959. The Bertz CT molecular complexity index is 905. The molecule has 1 saturated heterocycles. The molecule has 1 N–H and O–H groups in total. The van der Waals surface area contributed by atoms with E-state index in [9.17, 15) is 4.39 Å². The number of piperidine rings is 1. The fraction of sp³-hybridized carbons (Fsp3) is 0.333. The summed E-state index contributed by atoms with van der Waals surface area (Å²) in [6.45, 7) is 0.965. The van der Waals surface area contributed by atoms with Crippen molar-refractivity contribution in [3.05, 3.63) is 60.0 Å². The Morgan fingerprint density at radius 1 is 1.07 bits per heavy atom. The minimum Gasteiger partial charge on any atom is -0.490 e. The predicted octanol–water partition coefficient (Wildman–Crippen LogP) is 3.75. The zero-order chi connectivity index (χ0) is 19.3. The molecule has 0 radical (unpaired) electrons. The van der Waals surface area contributed by atoms with Gasteiger partial charge >= 0.3 is 0 Å². The molecule has 0 unspecified atom stereocenters. The summed E-state index contributed by atoms with van der Waals surface area (Å²) in [6.07, 6.45) is 1.86. The second-order valence-electron chi connectivity index (χ2n) is 6.75. The lowest BCUT2D eigenvalue weighted by Crippen LogP contribution is -2.38. The van der Waals surface area contributed by atoms with Crippen molar-refractivity contribution in [3.63, 3.8) is 0 Å². The summed E-state index contributed by atoms with van der Waals surface area (Å²) in [7, 11) is 0. The number of aliphatic hydroxyl groups excluding tert-OH is 1. The lowest BCUT2D eigenvalue weighted by molar-refractivity contribution is 0.168. The molecule has 0 atom stereocenters. The molecule has 0 spiro atoms. The SMILES string of the molecule is OCc1nnc(-c2ccc(N3CCC(Oc4ccccc4CF)CC3)cc2)o1. The normalized spacial score (nSPS) is 15.0. The van der Waals surface area contributed by atoms with E-state index in [0.717, 1.165) is 37.2 Å². The van der Waals surface area contributed by atoms with E-state index in [1.165, 1.54) is 0 Å². The van der Waals surface area contributed by atoms with Gasteiger partial charge in [0.2, 0.25) is 11.8 Å². The van der Waals surface area contributed by atoms with Gasteiger partial charge in [0.05, 0.1) is 0 Å². The number of benzene rings is 2. The maximum atomic E-state index is 13.1. The van der Waals surface area contributed by atoms with Gasteiger partial charge in [-0.05, 0) is 30.3 Å². The van der Waals surface area contributed by atoms with Crippen LogP contribution < -0.4 is 9.64 Å². The van der Waals surface area contributed by atoms with Crippen LogP contribution in [0.2, 0.25) is 0 Å². The van der Waals surface area contributed by atoms with Gasteiger partial charge < -0.3 is 19.2 Å². The summed E-state index contributed by atoms with van der Waals surface area (Å²) >= 11 is 0. The van der Waals surface area contributed by atoms with Gasteiger partial charge in [-0.15, -0.1) is 10.2 Å². The highest BCUT2D eigenvalue weighted by Gasteiger charge is 2.22. The van der Waals surface area contributed by atoms with E-state index in [0.29, 0.717) is 17.2 Å². The first-order valence-electron chi connectivity index (χ1n) is 9.36. The quantitative estimate of drug-likeness (QED) is 0.699. The number of nitrogens with zero attached hydrogens (tertiary/aromatic N) is 3. The van der Waals surface area contributed by atoms with Gasteiger partial charge in [0.15, 0.2) is 0 Å². The van der Waals surface area contributed by atoms with Crippen molar-refractivity contribution in [3.8, 4) is 17.2 Å². The topological polar surface area (TPSA) is 71.6 Å². The van der Waals surface area contributed by atoms with E-state index in [1.807, 2.05) is 42.5 Å². The fourth-order valence-corrected chi connectivity index (χ4v) is 3.39. The van der Waals surface area contributed by atoms with E-state index < -0.39 is 6.67 Å². The van der Waals surface area contributed by atoms with Crippen molar-refractivity contribution in [2.75, 3.05) is 18.0 Å². The van der Waals surface area contributed by atoms with Crippen molar-refractivity contribution >= 4 is 5.69 Å². The Morgan fingerprint density at radius 2 is 1.82 bits per heavy atom. The molecule has 0 aliphatic carbocycles. The number of anilines is 1. The van der Waals surface area contributed by atoms with Crippen LogP contribution in [0.3, 0.4) is 0 Å². The summed E-state index contributed by atoms with van der Waals surface area (Å²) in [5, 5.41) is 16.7. The molecular weight excluding hydrogens is 361 g/mol. The molecule has 1 aromatic heterocycles. The largest absolute Gasteiger partial charge is 0.490 e. The average Bonchev–Trinajstić information content (AvgIpc) is 3.24. The highest BCUT2D eigenvalue weighted by atomic mass is 19.1. The van der Waals surface area contributed by atoms with Crippen LogP contribution in [0.25, 0.3) is 11.5 Å². The fourth-order valence-electron chi connectivity index (χ4n) is 3.39. The number of halogens is 1. The van der Waals surface area contributed by atoms with E-state index in [-0.39, 0.29) is 18.6 Å². The molecule has 0 amide bonds. The van der Waals surface area contributed by atoms with Gasteiger partial charge in [0, 0.05) is 42.7 Å². The third-order valence-corrected chi connectivity index (χ3v) is 4.93. The van der Waals surface area contributed by atoms with E-state index >= 15 is 0 Å². The second-order valence-corrected chi connectivity index (χ2v) is 6.75. The Morgan fingerprint density at radius 3 is 2.50 bits per heavy atom. The van der Waals surface area contributed by atoms with Gasteiger partial charge in [0.1, 0.15) is 25.1 Å². The van der Waals surface area contributed by atoms with Gasteiger partial charge in [-0.3, -0.25) is 0 Å². The summed E-state index contributed by atoms with van der Waals surface area (Å²) in [5.41, 5.74) is 2.54. The zero-order valence-electron chi connectivity index (χ0n) is 15.4. The highest BCUT2D eigenvalue weighted by molar-refractivity contribution is 5.59. The molecule has 0 bridgehead atoms. The number of alkyl halides is 1. The van der Waals surface area contributed by atoms with Crippen molar-refractivity contribution < 1.29 is 18.7 Å². The highest BCUT2D eigenvalue weighted by Crippen LogP contribution is 2.27. The molecule has 4 rings (SSSR count). The summed E-state index contributed by atoms with van der Waals surface area (Å²) in [6, 6.07) is 15.2. The Kier molecular flexibility index (Phi) is 5.53. The molecule has 6 nitrogen and oxygen atoms in total. The van der Waals surface area contributed by atoms with Crippen LogP contribution in [0.15, 0.2) is 52.9 Å². The molecule has 1 fully saturated rings. The van der Waals surface area contributed by atoms with Crippen LogP contribution >= 0.6 is 0 Å². The number of aromatic nitrogens is 2. The molecule has 28 heavy (non-hydrogen) atoms. The summed E-state index contributed by atoms with van der Waals surface area (Å²) < 4.78 is 24.5. The molecular formula is C21H22FN3O3. The zero-order valence-corrected chi connectivity index (χ0v) is 15.4. The van der Waals surface area contributed by atoms with Crippen LogP contribution in [0, 0.1) is 0 Å². The van der Waals surface area contributed by atoms with Gasteiger partial charge in [0.25, 0.3) is 0 Å². The van der Waals surface area contributed by atoms with E-state index in [2.05, 4.69) is 15.1 Å². The lowest BCUT2D eigenvalue weighted by atomic mass is 10.1. The third-order valence-electron chi connectivity index (χ3n) is 4.93. The number of aliphatic hydroxyl groups is 1. The molecule has 1 aliphatic heterocycles.